The lowest BCUT2D eigenvalue weighted by molar-refractivity contribution is 0.102. The van der Waals surface area contributed by atoms with Crippen molar-refractivity contribution in [3.63, 3.8) is 0 Å². The third kappa shape index (κ3) is 6.45. The van der Waals surface area contributed by atoms with Crippen molar-refractivity contribution < 1.29 is 23.7 Å². The molecule has 0 fully saturated rings. The molecule has 0 aliphatic rings. The van der Waals surface area contributed by atoms with E-state index >= 15 is 0 Å². The minimum Gasteiger partial charge on any atom is -0.497 e. The normalized spacial score (nSPS) is 10.4. The number of hydrogen-bond acceptors (Lipinski definition) is 5. The summed E-state index contributed by atoms with van der Waals surface area (Å²) < 4.78 is 23.3. The molecule has 0 saturated heterocycles. The molecule has 4 aromatic carbocycles. The molecule has 1 N–H and O–H groups in total. The monoisotopic (exact) mass is 581 g/mol. The third-order valence-electron chi connectivity index (χ3n) is 5.12. The van der Waals surface area contributed by atoms with Gasteiger partial charge in [-0.2, -0.15) is 0 Å². The molecular formula is C28H24INO5. The Morgan fingerprint density at radius 3 is 2.06 bits per heavy atom. The van der Waals surface area contributed by atoms with Gasteiger partial charge in [-0.3, -0.25) is 4.79 Å². The fraction of sp³-hybridized carbons (Fsp3) is 0.107. The number of halogens is 1. The third-order valence-corrected chi connectivity index (χ3v) is 5.93. The highest BCUT2D eigenvalue weighted by Crippen LogP contribution is 2.35. The van der Waals surface area contributed by atoms with Gasteiger partial charge in [-0.1, -0.05) is 30.3 Å². The molecule has 4 rings (SSSR count). The van der Waals surface area contributed by atoms with E-state index in [0.717, 1.165) is 14.9 Å². The van der Waals surface area contributed by atoms with Crippen LogP contribution in [-0.4, -0.2) is 20.1 Å². The smallest absolute Gasteiger partial charge is 0.255 e. The van der Waals surface area contributed by atoms with Gasteiger partial charge in [0.15, 0.2) is 11.5 Å². The highest BCUT2D eigenvalue weighted by molar-refractivity contribution is 14.1. The second-order valence-corrected chi connectivity index (χ2v) is 8.68. The van der Waals surface area contributed by atoms with Crippen molar-refractivity contribution in [2.24, 2.45) is 0 Å². The first-order valence-electron chi connectivity index (χ1n) is 10.8. The summed E-state index contributed by atoms with van der Waals surface area (Å²) in [5, 5.41) is 2.91. The van der Waals surface area contributed by atoms with Gasteiger partial charge < -0.3 is 24.3 Å². The molecule has 0 unspecified atom stereocenters. The van der Waals surface area contributed by atoms with Crippen LogP contribution in [0.3, 0.4) is 0 Å². The van der Waals surface area contributed by atoms with E-state index in [2.05, 4.69) is 27.9 Å². The van der Waals surface area contributed by atoms with Gasteiger partial charge in [0.05, 0.1) is 17.8 Å². The second kappa shape index (κ2) is 11.6. The minimum absolute atomic E-state index is 0.250. The quantitative estimate of drug-likeness (QED) is 0.217. The summed E-state index contributed by atoms with van der Waals surface area (Å²) in [6.45, 7) is 0.406. The number of carbonyl (C=O) groups is 1. The number of hydrogen-bond donors (Lipinski definition) is 1. The molecule has 1 amide bonds. The maximum absolute atomic E-state index is 12.9. The Morgan fingerprint density at radius 1 is 0.800 bits per heavy atom. The van der Waals surface area contributed by atoms with E-state index in [1.807, 2.05) is 54.6 Å². The van der Waals surface area contributed by atoms with Crippen LogP contribution in [0.25, 0.3) is 0 Å². The molecule has 7 heteroatoms. The van der Waals surface area contributed by atoms with E-state index in [1.54, 1.807) is 50.6 Å². The van der Waals surface area contributed by atoms with E-state index in [9.17, 15) is 4.79 Å². The van der Waals surface area contributed by atoms with Gasteiger partial charge in [-0.25, -0.2) is 0 Å². The molecule has 0 aliphatic heterocycles. The van der Waals surface area contributed by atoms with E-state index in [1.165, 1.54) is 0 Å². The zero-order valence-corrected chi connectivity index (χ0v) is 21.4. The molecule has 0 atom stereocenters. The molecule has 0 bridgehead atoms. The van der Waals surface area contributed by atoms with E-state index in [4.69, 9.17) is 18.9 Å². The fourth-order valence-electron chi connectivity index (χ4n) is 3.31. The average Bonchev–Trinajstić information content (AvgIpc) is 2.89. The van der Waals surface area contributed by atoms with E-state index < -0.39 is 0 Å². The Kier molecular flexibility index (Phi) is 8.10. The number of rotatable bonds is 9. The van der Waals surface area contributed by atoms with Crippen LogP contribution in [-0.2, 0) is 6.61 Å². The van der Waals surface area contributed by atoms with Crippen LogP contribution in [0.5, 0.6) is 28.7 Å². The molecule has 0 radical (unpaired) electrons. The van der Waals surface area contributed by atoms with Gasteiger partial charge >= 0.3 is 0 Å². The van der Waals surface area contributed by atoms with Crippen molar-refractivity contribution in [2.75, 3.05) is 19.5 Å². The molecule has 0 saturated carbocycles. The van der Waals surface area contributed by atoms with Crippen LogP contribution in [0.1, 0.15) is 15.9 Å². The first kappa shape index (κ1) is 24.4. The molecule has 0 aliphatic carbocycles. The standard InChI is InChI=1S/C28H24INO5/c1-32-22-12-14-24(15-13-22)35-23-10-8-21(9-11-23)30-28(31)20-16-25(29)27(26(17-20)33-2)34-18-19-6-4-3-5-7-19/h3-17H,18H2,1-2H3,(H,30,31). The number of amides is 1. The van der Waals surface area contributed by atoms with E-state index in [0.29, 0.717) is 40.9 Å². The molecule has 0 spiro atoms. The summed E-state index contributed by atoms with van der Waals surface area (Å²) in [6, 6.07) is 27.8. The summed E-state index contributed by atoms with van der Waals surface area (Å²) >= 11 is 2.15. The lowest BCUT2D eigenvalue weighted by Crippen LogP contribution is -2.13. The van der Waals surface area contributed by atoms with Crippen LogP contribution in [0.15, 0.2) is 91.0 Å². The first-order valence-corrected chi connectivity index (χ1v) is 11.9. The molecule has 0 heterocycles. The Morgan fingerprint density at radius 2 is 1.43 bits per heavy atom. The van der Waals surface area contributed by atoms with Crippen molar-refractivity contribution >= 4 is 34.2 Å². The van der Waals surface area contributed by atoms with Gasteiger partial charge in [0, 0.05) is 11.3 Å². The topological polar surface area (TPSA) is 66.0 Å². The minimum atomic E-state index is -0.250. The first-order chi connectivity index (χ1) is 17.1. The van der Waals surface area contributed by atoms with Gasteiger partial charge in [0.25, 0.3) is 5.91 Å². The van der Waals surface area contributed by atoms with Crippen molar-refractivity contribution in [1.29, 1.82) is 0 Å². The molecular weight excluding hydrogens is 557 g/mol. The fourth-order valence-corrected chi connectivity index (χ4v) is 4.07. The van der Waals surface area contributed by atoms with Gasteiger partial charge in [0.2, 0.25) is 0 Å². The van der Waals surface area contributed by atoms with Crippen LogP contribution in [0, 0.1) is 3.57 Å². The zero-order chi connectivity index (χ0) is 24.6. The predicted molar refractivity (Wildman–Crippen MR) is 144 cm³/mol. The van der Waals surface area contributed by atoms with Crippen molar-refractivity contribution in [3.8, 4) is 28.7 Å². The molecule has 0 aromatic heterocycles. The number of carbonyl (C=O) groups excluding carboxylic acids is 1. The predicted octanol–water partition coefficient (Wildman–Crippen LogP) is 6.93. The van der Waals surface area contributed by atoms with Gasteiger partial charge in [-0.15, -0.1) is 0 Å². The Balaban J connectivity index is 1.41. The molecule has 4 aromatic rings. The molecule has 6 nitrogen and oxygen atoms in total. The number of ether oxygens (including phenoxy) is 4. The lowest BCUT2D eigenvalue weighted by atomic mass is 10.1. The SMILES string of the molecule is COc1ccc(Oc2ccc(NC(=O)c3cc(I)c(OCc4ccccc4)c(OC)c3)cc2)cc1. The van der Waals surface area contributed by atoms with Crippen molar-refractivity contribution in [3.05, 3.63) is 106 Å². The average molecular weight is 581 g/mol. The second-order valence-electron chi connectivity index (χ2n) is 7.52. The number of methoxy groups -OCH3 is 2. The number of anilines is 1. The highest BCUT2D eigenvalue weighted by Gasteiger charge is 2.16. The summed E-state index contributed by atoms with van der Waals surface area (Å²) in [6.07, 6.45) is 0. The molecule has 35 heavy (non-hydrogen) atoms. The maximum Gasteiger partial charge on any atom is 0.255 e. The summed E-state index contributed by atoms with van der Waals surface area (Å²) in [7, 11) is 3.18. The highest BCUT2D eigenvalue weighted by atomic mass is 127. The number of nitrogens with one attached hydrogen (secondary N) is 1. The van der Waals surface area contributed by atoms with Crippen LogP contribution in [0.4, 0.5) is 5.69 Å². The zero-order valence-electron chi connectivity index (χ0n) is 19.3. The Hall–Kier alpha value is -3.72. The Labute approximate surface area is 217 Å². The summed E-state index contributed by atoms with van der Waals surface area (Å²) in [5.41, 5.74) is 2.17. The van der Waals surface area contributed by atoms with E-state index in [-0.39, 0.29) is 5.91 Å². The van der Waals surface area contributed by atoms with Gasteiger partial charge in [-0.05, 0) is 88.8 Å². The summed E-state index contributed by atoms with van der Waals surface area (Å²) in [4.78, 5) is 12.9. The maximum atomic E-state index is 12.9. The van der Waals surface area contributed by atoms with Crippen LogP contribution in [0.2, 0.25) is 0 Å². The summed E-state index contributed by atoms with van der Waals surface area (Å²) in [5.74, 6) is 2.97. The van der Waals surface area contributed by atoms with Crippen LogP contribution >= 0.6 is 22.6 Å². The van der Waals surface area contributed by atoms with Crippen molar-refractivity contribution in [1.82, 2.24) is 0 Å². The Bertz CT molecular complexity index is 1280. The van der Waals surface area contributed by atoms with Crippen molar-refractivity contribution in [2.45, 2.75) is 6.61 Å². The lowest BCUT2D eigenvalue weighted by Gasteiger charge is -2.15. The molecule has 178 valence electrons. The van der Waals surface area contributed by atoms with Gasteiger partial charge in [0.1, 0.15) is 23.9 Å². The van der Waals surface area contributed by atoms with Crippen LogP contribution < -0.4 is 24.3 Å². The largest absolute Gasteiger partial charge is 0.497 e. The number of benzene rings is 4.